The molecule has 2 atom stereocenters. The lowest BCUT2D eigenvalue weighted by Crippen LogP contribution is -2.08. The van der Waals surface area contributed by atoms with Gasteiger partial charge in [-0.25, -0.2) is 8.78 Å². The lowest BCUT2D eigenvalue weighted by molar-refractivity contribution is 0.134. The van der Waals surface area contributed by atoms with Crippen molar-refractivity contribution in [1.29, 1.82) is 0 Å². The predicted octanol–water partition coefficient (Wildman–Crippen LogP) is 3.35. The van der Waals surface area contributed by atoms with Crippen LogP contribution in [0, 0.1) is 29.9 Å². The van der Waals surface area contributed by atoms with Crippen LogP contribution in [-0.4, -0.2) is 5.11 Å². The van der Waals surface area contributed by atoms with Crippen molar-refractivity contribution in [3.05, 3.63) is 34.9 Å². The molecule has 1 aromatic carbocycles. The quantitative estimate of drug-likeness (QED) is 0.819. The summed E-state index contributed by atoms with van der Waals surface area (Å²) in [5.41, 5.74) is 0.650. The summed E-state index contributed by atoms with van der Waals surface area (Å²) in [6.07, 6.45) is 0.0543. The average molecular weight is 226 g/mol. The van der Waals surface area contributed by atoms with E-state index in [9.17, 15) is 13.9 Å². The highest BCUT2D eigenvalue weighted by Gasteiger charge is 2.50. The van der Waals surface area contributed by atoms with Crippen molar-refractivity contribution >= 4 is 0 Å². The number of aliphatic hydroxyl groups is 1. The zero-order chi connectivity index (χ0) is 12.1. The maximum atomic E-state index is 13.5. The van der Waals surface area contributed by atoms with Crippen LogP contribution in [0.2, 0.25) is 0 Å². The molecule has 88 valence electrons. The molecule has 0 amide bonds. The van der Waals surface area contributed by atoms with Crippen LogP contribution in [0.25, 0.3) is 0 Å². The largest absolute Gasteiger partial charge is 0.388 e. The molecule has 2 unspecified atom stereocenters. The second-order valence-corrected chi connectivity index (χ2v) is 5.37. The van der Waals surface area contributed by atoms with Gasteiger partial charge in [-0.2, -0.15) is 0 Å². The summed E-state index contributed by atoms with van der Waals surface area (Å²) in [6, 6.07) is 2.26. The molecule has 1 aliphatic carbocycles. The Kier molecular flexibility index (Phi) is 2.54. The molecule has 16 heavy (non-hydrogen) atoms. The standard InChI is InChI=1S/C13H16F2O/c1-7-4-8(11(15)5-10(7)14)12(16)9-6-13(9,2)3/h4-5,9,12,16H,6H2,1-3H3. The normalized spacial score (nSPS) is 24.2. The van der Waals surface area contributed by atoms with Crippen LogP contribution in [-0.2, 0) is 0 Å². The van der Waals surface area contributed by atoms with E-state index < -0.39 is 17.7 Å². The third-order valence-corrected chi connectivity index (χ3v) is 3.57. The summed E-state index contributed by atoms with van der Waals surface area (Å²) in [5.74, 6) is -1.14. The minimum Gasteiger partial charge on any atom is -0.388 e. The maximum absolute atomic E-state index is 13.5. The number of aryl methyl sites for hydroxylation is 1. The van der Waals surface area contributed by atoms with E-state index >= 15 is 0 Å². The first-order valence-electron chi connectivity index (χ1n) is 5.46. The molecule has 0 aromatic heterocycles. The van der Waals surface area contributed by atoms with E-state index in [4.69, 9.17) is 0 Å². The van der Waals surface area contributed by atoms with E-state index in [1.165, 1.54) is 6.07 Å². The molecule has 0 aliphatic heterocycles. The molecular formula is C13H16F2O. The van der Waals surface area contributed by atoms with Gasteiger partial charge in [0.1, 0.15) is 11.6 Å². The zero-order valence-electron chi connectivity index (χ0n) is 9.72. The van der Waals surface area contributed by atoms with E-state index in [1.807, 2.05) is 13.8 Å². The van der Waals surface area contributed by atoms with E-state index in [0.717, 1.165) is 12.5 Å². The minimum atomic E-state index is -0.825. The third kappa shape index (κ3) is 1.84. The highest BCUT2D eigenvalue weighted by molar-refractivity contribution is 5.29. The lowest BCUT2D eigenvalue weighted by atomic mass is 9.98. The van der Waals surface area contributed by atoms with Crippen LogP contribution in [0.5, 0.6) is 0 Å². The molecule has 1 nitrogen and oxygen atoms in total. The van der Waals surface area contributed by atoms with Crippen molar-refractivity contribution in [1.82, 2.24) is 0 Å². The van der Waals surface area contributed by atoms with E-state index in [-0.39, 0.29) is 16.9 Å². The lowest BCUT2D eigenvalue weighted by Gasteiger charge is -2.14. The second-order valence-electron chi connectivity index (χ2n) is 5.37. The fourth-order valence-electron chi connectivity index (χ4n) is 2.17. The number of aliphatic hydroxyl groups excluding tert-OH is 1. The van der Waals surface area contributed by atoms with Gasteiger partial charge >= 0.3 is 0 Å². The summed E-state index contributed by atoms with van der Waals surface area (Å²) < 4.78 is 26.6. The second kappa shape index (κ2) is 3.52. The molecule has 2 rings (SSSR count). The first kappa shape index (κ1) is 11.5. The Bertz CT molecular complexity index is 426. The van der Waals surface area contributed by atoms with Gasteiger partial charge in [-0.1, -0.05) is 13.8 Å². The Morgan fingerprint density at radius 3 is 2.38 bits per heavy atom. The fraction of sp³-hybridized carbons (Fsp3) is 0.538. The zero-order valence-corrected chi connectivity index (χ0v) is 9.72. The first-order chi connectivity index (χ1) is 7.33. The van der Waals surface area contributed by atoms with Crippen LogP contribution in [0.4, 0.5) is 8.78 Å². The highest BCUT2D eigenvalue weighted by atomic mass is 19.1. The van der Waals surface area contributed by atoms with Crippen molar-refractivity contribution in [2.24, 2.45) is 11.3 Å². The van der Waals surface area contributed by atoms with Gasteiger partial charge in [0.15, 0.2) is 0 Å². The van der Waals surface area contributed by atoms with Crippen LogP contribution in [0.1, 0.15) is 37.5 Å². The molecule has 1 saturated carbocycles. The van der Waals surface area contributed by atoms with Gasteiger partial charge in [-0.15, -0.1) is 0 Å². The van der Waals surface area contributed by atoms with Crippen molar-refractivity contribution in [2.45, 2.75) is 33.3 Å². The van der Waals surface area contributed by atoms with Gasteiger partial charge < -0.3 is 5.11 Å². The van der Waals surface area contributed by atoms with Crippen LogP contribution < -0.4 is 0 Å². The van der Waals surface area contributed by atoms with Gasteiger partial charge in [0.05, 0.1) is 6.10 Å². The van der Waals surface area contributed by atoms with Crippen molar-refractivity contribution in [3.8, 4) is 0 Å². The number of halogens is 2. The summed E-state index contributed by atoms with van der Waals surface area (Å²) >= 11 is 0. The Morgan fingerprint density at radius 2 is 1.88 bits per heavy atom. The summed E-state index contributed by atoms with van der Waals surface area (Å²) in [6.45, 7) is 5.65. The van der Waals surface area contributed by atoms with E-state index in [1.54, 1.807) is 6.92 Å². The van der Waals surface area contributed by atoms with Gasteiger partial charge in [0.2, 0.25) is 0 Å². The summed E-state index contributed by atoms with van der Waals surface area (Å²) in [5, 5.41) is 10.0. The molecule has 1 N–H and O–H groups in total. The van der Waals surface area contributed by atoms with Crippen LogP contribution in [0.3, 0.4) is 0 Å². The van der Waals surface area contributed by atoms with Crippen LogP contribution in [0.15, 0.2) is 12.1 Å². The van der Waals surface area contributed by atoms with Gasteiger partial charge in [-0.05, 0) is 36.3 Å². The SMILES string of the molecule is Cc1cc(C(O)C2CC2(C)C)c(F)cc1F. The molecule has 0 bridgehead atoms. The van der Waals surface area contributed by atoms with Crippen molar-refractivity contribution in [3.63, 3.8) is 0 Å². The molecule has 1 aliphatic rings. The molecular weight excluding hydrogens is 210 g/mol. The summed E-state index contributed by atoms with van der Waals surface area (Å²) in [7, 11) is 0. The Labute approximate surface area is 94.1 Å². The first-order valence-corrected chi connectivity index (χ1v) is 5.46. The van der Waals surface area contributed by atoms with Crippen LogP contribution >= 0.6 is 0 Å². The number of hydrogen-bond acceptors (Lipinski definition) is 1. The minimum absolute atomic E-state index is 0.0636. The average Bonchev–Trinajstić information content (AvgIpc) is 2.80. The van der Waals surface area contributed by atoms with Gasteiger partial charge in [0, 0.05) is 11.6 Å². The smallest absolute Gasteiger partial charge is 0.131 e. The Hall–Kier alpha value is -0.960. The molecule has 0 saturated heterocycles. The van der Waals surface area contributed by atoms with Crippen molar-refractivity contribution < 1.29 is 13.9 Å². The van der Waals surface area contributed by atoms with Gasteiger partial charge in [0.25, 0.3) is 0 Å². The maximum Gasteiger partial charge on any atom is 0.131 e. The topological polar surface area (TPSA) is 20.2 Å². The monoisotopic (exact) mass is 226 g/mol. The number of benzene rings is 1. The predicted molar refractivity (Wildman–Crippen MR) is 57.9 cm³/mol. The molecule has 1 fully saturated rings. The molecule has 0 spiro atoms. The van der Waals surface area contributed by atoms with E-state index in [2.05, 4.69) is 0 Å². The summed E-state index contributed by atoms with van der Waals surface area (Å²) in [4.78, 5) is 0. The molecule has 1 aromatic rings. The fourth-order valence-corrected chi connectivity index (χ4v) is 2.17. The van der Waals surface area contributed by atoms with Crippen molar-refractivity contribution in [2.75, 3.05) is 0 Å². The molecule has 3 heteroatoms. The molecule has 0 heterocycles. The Balaban J connectivity index is 2.31. The third-order valence-electron chi connectivity index (χ3n) is 3.57. The number of hydrogen-bond donors (Lipinski definition) is 1. The molecule has 0 radical (unpaired) electrons. The highest BCUT2D eigenvalue weighted by Crippen LogP contribution is 2.57. The van der Waals surface area contributed by atoms with Gasteiger partial charge in [-0.3, -0.25) is 0 Å². The van der Waals surface area contributed by atoms with E-state index in [0.29, 0.717) is 5.56 Å². The number of rotatable bonds is 2. The Morgan fingerprint density at radius 1 is 1.31 bits per heavy atom.